The molecule has 1 saturated heterocycles. The highest BCUT2D eigenvalue weighted by atomic mass is 32.2. The monoisotopic (exact) mass is 280 g/mol. The number of rotatable bonds is 5. The predicted molar refractivity (Wildman–Crippen MR) is 67.9 cm³/mol. The molecule has 0 spiro atoms. The van der Waals surface area contributed by atoms with Crippen LogP contribution < -0.4 is 0 Å². The number of carboxylic acid groups (broad SMARTS) is 1. The second kappa shape index (κ2) is 5.83. The van der Waals surface area contributed by atoms with E-state index >= 15 is 0 Å². The van der Waals surface area contributed by atoms with E-state index in [1.807, 2.05) is 0 Å². The van der Waals surface area contributed by atoms with Gasteiger partial charge in [-0.15, -0.1) is 11.8 Å². The fraction of sp³-hybridized carbons (Fsp3) is 0.333. The minimum absolute atomic E-state index is 0.0154. The van der Waals surface area contributed by atoms with Gasteiger partial charge in [-0.25, -0.2) is 9.78 Å². The van der Waals surface area contributed by atoms with Crippen LogP contribution in [0.3, 0.4) is 0 Å². The van der Waals surface area contributed by atoms with Crippen LogP contribution in [0, 0.1) is 0 Å². The normalized spacial score (nSPS) is 15.1. The molecule has 2 heterocycles. The number of pyridine rings is 1. The van der Waals surface area contributed by atoms with Crippen molar-refractivity contribution >= 4 is 29.5 Å². The molecule has 2 rings (SSSR count). The number of hydrogen-bond donors (Lipinski definition) is 1. The van der Waals surface area contributed by atoms with Gasteiger partial charge >= 0.3 is 5.97 Å². The Kier molecular flexibility index (Phi) is 4.16. The number of likely N-dealkylation sites (tertiary alicyclic amines) is 1. The van der Waals surface area contributed by atoms with Crippen LogP contribution in [0.2, 0.25) is 0 Å². The number of aromatic nitrogens is 1. The van der Waals surface area contributed by atoms with Gasteiger partial charge in [0.15, 0.2) is 0 Å². The maximum absolute atomic E-state index is 11.4. The average molecular weight is 280 g/mol. The predicted octanol–water partition coefficient (Wildman–Crippen LogP) is 1.02. The zero-order valence-corrected chi connectivity index (χ0v) is 10.9. The topological polar surface area (TPSA) is 87.6 Å². The van der Waals surface area contributed by atoms with Gasteiger partial charge in [0.1, 0.15) is 5.69 Å². The van der Waals surface area contributed by atoms with E-state index in [9.17, 15) is 14.4 Å². The molecule has 0 aromatic carbocycles. The first-order valence-electron chi connectivity index (χ1n) is 5.73. The molecule has 0 unspecified atom stereocenters. The van der Waals surface area contributed by atoms with Gasteiger partial charge in [-0.2, -0.15) is 0 Å². The minimum Gasteiger partial charge on any atom is -0.477 e. The van der Waals surface area contributed by atoms with Gasteiger partial charge in [-0.3, -0.25) is 14.5 Å². The van der Waals surface area contributed by atoms with Crippen molar-refractivity contribution in [3.63, 3.8) is 0 Å². The number of carboxylic acids is 1. The summed E-state index contributed by atoms with van der Waals surface area (Å²) in [5.41, 5.74) is -0.0154. The Bertz CT molecular complexity index is 516. The van der Waals surface area contributed by atoms with E-state index in [2.05, 4.69) is 4.98 Å². The van der Waals surface area contributed by atoms with Gasteiger partial charge in [0.2, 0.25) is 11.8 Å². The summed E-state index contributed by atoms with van der Waals surface area (Å²) in [4.78, 5) is 39.2. The van der Waals surface area contributed by atoms with Crippen LogP contribution in [0.15, 0.2) is 23.2 Å². The molecule has 1 aromatic rings. The van der Waals surface area contributed by atoms with Gasteiger partial charge in [0.25, 0.3) is 0 Å². The number of hydrogen-bond acceptors (Lipinski definition) is 5. The molecule has 19 heavy (non-hydrogen) atoms. The Balaban J connectivity index is 1.89. The third-order valence-corrected chi connectivity index (χ3v) is 3.66. The lowest BCUT2D eigenvalue weighted by atomic mass is 10.3. The van der Waals surface area contributed by atoms with Crippen molar-refractivity contribution in [2.75, 3.05) is 12.3 Å². The molecule has 1 aliphatic rings. The Hall–Kier alpha value is -1.89. The van der Waals surface area contributed by atoms with Crippen LogP contribution in [-0.4, -0.2) is 45.1 Å². The van der Waals surface area contributed by atoms with Gasteiger partial charge in [-0.1, -0.05) is 0 Å². The smallest absolute Gasteiger partial charge is 0.354 e. The van der Waals surface area contributed by atoms with E-state index in [4.69, 9.17) is 5.11 Å². The van der Waals surface area contributed by atoms with Crippen molar-refractivity contribution in [2.24, 2.45) is 0 Å². The summed E-state index contributed by atoms with van der Waals surface area (Å²) in [6.07, 6.45) is 2.02. The lowest BCUT2D eigenvalue weighted by molar-refractivity contribution is -0.137. The molecular formula is C12H12N2O4S. The van der Waals surface area contributed by atoms with Crippen molar-refractivity contribution in [3.8, 4) is 0 Å². The van der Waals surface area contributed by atoms with Crippen molar-refractivity contribution in [3.05, 3.63) is 24.0 Å². The third-order valence-electron chi connectivity index (χ3n) is 2.69. The Labute approximate surface area is 113 Å². The number of aromatic carboxylic acids is 1. The zero-order valence-electron chi connectivity index (χ0n) is 10.0. The van der Waals surface area contributed by atoms with E-state index in [1.54, 1.807) is 6.07 Å². The maximum Gasteiger partial charge on any atom is 0.354 e. The summed E-state index contributed by atoms with van der Waals surface area (Å²) in [6.45, 7) is 0.354. The SMILES string of the molecule is O=C(O)c1cc(SCCN2C(=O)CCC2=O)ccn1. The molecule has 0 radical (unpaired) electrons. The number of nitrogens with zero attached hydrogens (tertiary/aromatic N) is 2. The molecule has 2 amide bonds. The van der Waals surface area contributed by atoms with Crippen LogP contribution in [-0.2, 0) is 9.59 Å². The zero-order chi connectivity index (χ0) is 13.8. The molecule has 1 fully saturated rings. The van der Waals surface area contributed by atoms with Crippen molar-refractivity contribution in [1.82, 2.24) is 9.88 Å². The van der Waals surface area contributed by atoms with Gasteiger partial charge in [0, 0.05) is 36.2 Å². The van der Waals surface area contributed by atoms with Crippen LogP contribution in [0.4, 0.5) is 0 Å². The Morgan fingerprint density at radius 1 is 1.37 bits per heavy atom. The molecule has 0 bridgehead atoms. The second-order valence-electron chi connectivity index (χ2n) is 3.97. The number of carbonyl (C=O) groups excluding carboxylic acids is 2. The summed E-state index contributed by atoms with van der Waals surface area (Å²) in [5, 5.41) is 8.81. The Morgan fingerprint density at radius 2 is 2.05 bits per heavy atom. The molecule has 1 N–H and O–H groups in total. The first kappa shape index (κ1) is 13.5. The molecule has 0 aliphatic carbocycles. The number of amides is 2. The molecule has 0 atom stereocenters. The highest BCUT2D eigenvalue weighted by Crippen LogP contribution is 2.19. The van der Waals surface area contributed by atoms with E-state index in [-0.39, 0.29) is 17.5 Å². The third kappa shape index (κ3) is 3.31. The van der Waals surface area contributed by atoms with E-state index in [0.29, 0.717) is 25.1 Å². The number of imide groups is 1. The van der Waals surface area contributed by atoms with Crippen molar-refractivity contribution < 1.29 is 19.5 Å². The standard InChI is InChI=1S/C12H12N2O4S/c15-10-1-2-11(16)14(10)5-6-19-8-3-4-13-9(7-8)12(17)18/h3-4,7H,1-2,5-6H2,(H,17,18). The van der Waals surface area contributed by atoms with E-state index in [1.165, 1.54) is 28.9 Å². The minimum atomic E-state index is -1.08. The maximum atomic E-state index is 11.4. The Morgan fingerprint density at radius 3 is 2.68 bits per heavy atom. The van der Waals surface area contributed by atoms with Crippen LogP contribution in [0.5, 0.6) is 0 Å². The summed E-state index contributed by atoms with van der Waals surface area (Å²) in [7, 11) is 0. The van der Waals surface area contributed by atoms with Gasteiger partial charge in [0.05, 0.1) is 0 Å². The quantitative estimate of drug-likeness (QED) is 0.640. The van der Waals surface area contributed by atoms with Crippen molar-refractivity contribution in [2.45, 2.75) is 17.7 Å². The van der Waals surface area contributed by atoms with Crippen LogP contribution >= 0.6 is 11.8 Å². The summed E-state index contributed by atoms with van der Waals surface area (Å²) >= 11 is 1.39. The average Bonchev–Trinajstić information content (AvgIpc) is 2.71. The molecule has 1 aliphatic heterocycles. The van der Waals surface area contributed by atoms with Crippen molar-refractivity contribution in [1.29, 1.82) is 0 Å². The fourth-order valence-electron chi connectivity index (χ4n) is 1.74. The molecule has 6 nitrogen and oxygen atoms in total. The lowest BCUT2D eigenvalue weighted by Crippen LogP contribution is -2.31. The first-order valence-corrected chi connectivity index (χ1v) is 6.72. The number of thioether (sulfide) groups is 1. The molecule has 1 aromatic heterocycles. The van der Waals surface area contributed by atoms with Crippen LogP contribution in [0.25, 0.3) is 0 Å². The highest BCUT2D eigenvalue weighted by Gasteiger charge is 2.28. The molecule has 0 saturated carbocycles. The van der Waals surface area contributed by atoms with Crippen LogP contribution in [0.1, 0.15) is 23.3 Å². The van der Waals surface area contributed by atoms with E-state index < -0.39 is 5.97 Å². The highest BCUT2D eigenvalue weighted by molar-refractivity contribution is 7.99. The second-order valence-corrected chi connectivity index (χ2v) is 5.14. The lowest BCUT2D eigenvalue weighted by Gasteiger charge is -2.12. The summed E-state index contributed by atoms with van der Waals surface area (Å²) in [6, 6.07) is 3.17. The van der Waals surface area contributed by atoms with E-state index in [0.717, 1.165) is 4.90 Å². The first-order chi connectivity index (χ1) is 9.08. The largest absolute Gasteiger partial charge is 0.477 e. The van der Waals surface area contributed by atoms with Gasteiger partial charge < -0.3 is 5.11 Å². The molecular weight excluding hydrogens is 268 g/mol. The molecule has 7 heteroatoms. The summed E-state index contributed by atoms with van der Waals surface area (Å²) < 4.78 is 0. The fourth-order valence-corrected chi connectivity index (χ4v) is 2.61. The molecule has 100 valence electrons. The number of carbonyl (C=O) groups is 3. The van der Waals surface area contributed by atoms with Gasteiger partial charge in [-0.05, 0) is 12.1 Å². The summed E-state index contributed by atoms with van der Waals surface area (Å²) in [5.74, 6) is -0.800.